The van der Waals surface area contributed by atoms with E-state index in [0.717, 1.165) is 62.7 Å². The summed E-state index contributed by atoms with van der Waals surface area (Å²) in [7, 11) is -7.59. The fourth-order valence-electron chi connectivity index (χ4n) is 7.65. The first kappa shape index (κ1) is 49.6. The van der Waals surface area contributed by atoms with Gasteiger partial charge in [-0.3, -0.25) is 9.59 Å². The van der Waals surface area contributed by atoms with Crippen LogP contribution in [0.25, 0.3) is 0 Å². The number of aryl methyl sites for hydroxylation is 2. The third-order valence-electron chi connectivity index (χ3n) is 11.3. The van der Waals surface area contributed by atoms with Crippen LogP contribution in [0, 0.1) is 0 Å². The van der Waals surface area contributed by atoms with Gasteiger partial charge in [-0.2, -0.15) is 0 Å². The lowest BCUT2D eigenvalue weighted by Gasteiger charge is -2.12. The number of amides is 2. The topological polar surface area (TPSA) is 151 Å². The van der Waals surface area contributed by atoms with E-state index in [1.807, 2.05) is 24.3 Å². The van der Waals surface area contributed by atoms with Crippen molar-refractivity contribution in [3.63, 3.8) is 0 Å². The van der Waals surface area contributed by atoms with Gasteiger partial charge in [-0.15, -0.1) is 0 Å². The van der Waals surface area contributed by atoms with Gasteiger partial charge in [-0.1, -0.05) is 154 Å². The third kappa shape index (κ3) is 20.0. The van der Waals surface area contributed by atoms with Crippen molar-refractivity contribution in [2.45, 2.75) is 203 Å². The van der Waals surface area contributed by atoms with Crippen LogP contribution in [-0.4, -0.2) is 53.8 Å². The fourth-order valence-corrected chi connectivity index (χ4v) is 9.68. The van der Waals surface area contributed by atoms with Crippen molar-refractivity contribution in [2.75, 3.05) is 13.1 Å². The summed E-state index contributed by atoms with van der Waals surface area (Å²) in [6.07, 6.45) is 31.3. The summed E-state index contributed by atoms with van der Waals surface area (Å²) in [5, 5.41) is 6.03. The minimum atomic E-state index is -3.80. The van der Waals surface area contributed by atoms with Crippen LogP contribution in [0.4, 0.5) is 0 Å². The van der Waals surface area contributed by atoms with Crippen molar-refractivity contribution >= 4 is 31.9 Å². The van der Waals surface area contributed by atoms with Gasteiger partial charge in [-0.05, 0) is 99.8 Å². The van der Waals surface area contributed by atoms with Crippen molar-refractivity contribution in [3.8, 4) is 0 Å². The molecule has 2 aliphatic rings. The first-order valence-corrected chi connectivity index (χ1v) is 25.8. The smallest absolute Gasteiger partial charge is 0.264 e. The van der Waals surface area contributed by atoms with E-state index < -0.39 is 43.9 Å². The molecule has 12 heteroatoms. The molecule has 0 radical (unpaired) electrons. The highest BCUT2D eigenvalue weighted by Crippen LogP contribution is 2.18. The maximum Gasteiger partial charge on any atom is 0.264 e. The number of rotatable bonds is 28. The van der Waals surface area contributed by atoms with Gasteiger partial charge in [0, 0.05) is 0 Å². The molecule has 2 amide bonds. The van der Waals surface area contributed by atoms with Crippen LogP contribution in [0.15, 0.2) is 58.3 Å². The Labute approximate surface area is 352 Å². The summed E-state index contributed by atoms with van der Waals surface area (Å²) in [5.41, 5.74) is 2.29. The average Bonchev–Trinajstić information content (AvgIpc) is 3.96. The zero-order chi connectivity index (χ0) is 41.9. The predicted octanol–water partition coefficient (Wildman–Crippen LogP) is 9.41. The minimum Gasteiger partial charge on any atom is -0.306 e. The van der Waals surface area contributed by atoms with Crippen LogP contribution in [0.5, 0.6) is 0 Å². The van der Waals surface area contributed by atoms with Crippen LogP contribution < -0.4 is 20.1 Å². The van der Waals surface area contributed by atoms with Crippen molar-refractivity contribution in [3.05, 3.63) is 59.7 Å². The Morgan fingerprint density at radius 1 is 0.483 bits per heavy atom. The van der Waals surface area contributed by atoms with Gasteiger partial charge < -0.3 is 10.6 Å². The van der Waals surface area contributed by atoms with Crippen LogP contribution >= 0.6 is 0 Å². The van der Waals surface area contributed by atoms with E-state index in [4.69, 9.17) is 0 Å². The van der Waals surface area contributed by atoms with Crippen molar-refractivity contribution in [2.24, 2.45) is 0 Å². The van der Waals surface area contributed by atoms with Crippen LogP contribution in [0.3, 0.4) is 0 Å². The first-order chi connectivity index (χ1) is 28.1. The molecular formula is C46H76N4O6S2. The van der Waals surface area contributed by atoms with E-state index in [1.54, 1.807) is 24.3 Å². The molecule has 328 valence electrons. The Hall–Kier alpha value is -2.80. The molecule has 0 saturated carbocycles. The number of benzene rings is 2. The number of hydrogen-bond donors (Lipinski definition) is 4. The molecule has 2 saturated heterocycles. The largest absolute Gasteiger partial charge is 0.306 e. The van der Waals surface area contributed by atoms with E-state index >= 15 is 0 Å². The molecule has 4 rings (SSSR count). The molecule has 10 nitrogen and oxygen atoms in total. The number of hydrogen-bond acceptors (Lipinski definition) is 8. The standard InChI is InChI=1S/2C23H38N2O3S/c2*1-2-3-4-5-6-7-8-9-10-11-13-20-15-17-21(18-16-20)29(27,28)25-23(26)22-14-12-19-24-22/h2*15-18,22,24H,2-14,19H2,1H3,(H,25,26)/t2*22-/m10/s1. The summed E-state index contributed by atoms with van der Waals surface area (Å²) in [4.78, 5) is 24.4. The van der Waals surface area contributed by atoms with Gasteiger partial charge in [0.1, 0.15) is 0 Å². The maximum atomic E-state index is 12.4. The molecule has 2 heterocycles. The Morgan fingerprint density at radius 2 is 0.776 bits per heavy atom. The van der Waals surface area contributed by atoms with Gasteiger partial charge in [-0.25, -0.2) is 26.3 Å². The lowest BCUT2D eigenvalue weighted by molar-refractivity contribution is -0.121. The number of carbonyl (C=O) groups excluding carboxylic acids is 2. The third-order valence-corrected chi connectivity index (χ3v) is 14.1. The van der Waals surface area contributed by atoms with Gasteiger partial charge in [0.15, 0.2) is 0 Å². The molecule has 0 spiro atoms. The lowest BCUT2D eigenvalue weighted by atomic mass is 10.0. The van der Waals surface area contributed by atoms with Gasteiger partial charge in [0.2, 0.25) is 0 Å². The molecule has 2 aliphatic heterocycles. The fraction of sp³-hybridized carbons (Fsp3) is 0.696. The summed E-state index contributed by atoms with van der Waals surface area (Å²) in [5.74, 6) is -0.922. The second-order valence-electron chi connectivity index (χ2n) is 16.4. The van der Waals surface area contributed by atoms with E-state index in [9.17, 15) is 26.4 Å². The van der Waals surface area contributed by atoms with E-state index in [0.29, 0.717) is 12.8 Å². The summed E-state index contributed by atoms with van der Waals surface area (Å²) in [6, 6.07) is 13.0. The van der Waals surface area contributed by atoms with Crippen LogP contribution in [-0.2, 0) is 42.5 Å². The van der Waals surface area contributed by atoms with Gasteiger partial charge >= 0.3 is 0 Å². The zero-order valence-electron chi connectivity index (χ0n) is 35.8. The number of unbranched alkanes of at least 4 members (excludes halogenated alkanes) is 18. The average molecular weight is 845 g/mol. The van der Waals surface area contributed by atoms with Crippen molar-refractivity contribution in [1.82, 2.24) is 20.1 Å². The molecule has 0 aliphatic carbocycles. The van der Waals surface area contributed by atoms with Gasteiger partial charge in [0.25, 0.3) is 31.9 Å². The quantitative estimate of drug-likeness (QED) is 0.0619. The van der Waals surface area contributed by atoms with Crippen molar-refractivity contribution in [1.29, 1.82) is 0 Å². The summed E-state index contributed by atoms with van der Waals surface area (Å²) < 4.78 is 54.0. The molecule has 2 fully saturated rings. The molecule has 4 N–H and O–H groups in total. The molecule has 2 aromatic carbocycles. The highest BCUT2D eigenvalue weighted by molar-refractivity contribution is 7.90. The van der Waals surface area contributed by atoms with Crippen molar-refractivity contribution < 1.29 is 26.4 Å². The number of nitrogens with one attached hydrogen (secondary N) is 4. The Bertz CT molecular complexity index is 1510. The minimum absolute atomic E-state index is 0.149. The molecule has 0 unspecified atom stereocenters. The SMILES string of the molecule is CCCCCCCCCCCCc1ccc(S(=O)(=O)NC(=O)[C@@H]2CCCN2)cc1.CCCCCCCCCCCCc1ccc(S(=O)(=O)NC(=O)[C@H]2CCCN2)cc1. The Kier molecular flexibility index (Phi) is 24.5. The summed E-state index contributed by atoms with van der Waals surface area (Å²) in [6.45, 7) is 6.01. The normalized spacial score (nSPS) is 16.8. The second kappa shape index (κ2) is 28.6. The molecule has 58 heavy (non-hydrogen) atoms. The monoisotopic (exact) mass is 845 g/mol. The molecule has 2 aromatic rings. The zero-order valence-corrected chi connectivity index (χ0v) is 37.5. The lowest BCUT2D eigenvalue weighted by Crippen LogP contribution is -2.43. The van der Waals surface area contributed by atoms with E-state index in [-0.39, 0.29) is 9.79 Å². The first-order valence-electron chi connectivity index (χ1n) is 22.8. The Morgan fingerprint density at radius 3 is 1.05 bits per heavy atom. The van der Waals surface area contributed by atoms with Crippen LogP contribution in [0.2, 0.25) is 0 Å². The summed E-state index contributed by atoms with van der Waals surface area (Å²) >= 11 is 0. The molecule has 0 aromatic heterocycles. The highest BCUT2D eigenvalue weighted by atomic mass is 32.2. The Balaban J connectivity index is 0.000000310. The predicted molar refractivity (Wildman–Crippen MR) is 237 cm³/mol. The number of sulfonamides is 2. The highest BCUT2D eigenvalue weighted by Gasteiger charge is 2.28. The second-order valence-corrected chi connectivity index (χ2v) is 19.8. The van der Waals surface area contributed by atoms with E-state index in [2.05, 4.69) is 33.9 Å². The molecule has 2 atom stereocenters. The van der Waals surface area contributed by atoms with E-state index in [1.165, 1.54) is 116 Å². The van der Waals surface area contributed by atoms with Gasteiger partial charge in [0.05, 0.1) is 21.9 Å². The van der Waals surface area contributed by atoms with Crippen LogP contribution in [0.1, 0.15) is 179 Å². The molecule has 0 bridgehead atoms. The molecular weight excluding hydrogens is 769 g/mol. The number of carbonyl (C=O) groups is 2. The maximum absolute atomic E-state index is 12.4.